The lowest BCUT2D eigenvalue weighted by molar-refractivity contribution is 0.0706. The van der Waals surface area contributed by atoms with E-state index in [1.165, 1.54) is 0 Å². The lowest BCUT2D eigenvalue weighted by Gasteiger charge is -2.29. The Hall–Kier alpha value is -0.200. The Morgan fingerprint density at radius 1 is 1.22 bits per heavy atom. The van der Waals surface area contributed by atoms with Crippen LogP contribution in [0.1, 0.15) is 20.3 Å². The monoisotopic (exact) mass is 262 g/mol. The zero-order valence-electron chi connectivity index (χ0n) is 12.3. The molecule has 0 aromatic carbocycles. The molecule has 0 spiro atoms. The van der Waals surface area contributed by atoms with Gasteiger partial charge in [-0.05, 0) is 19.9 Å². The molecule has 5 nitrogen and oxygen atoms in total. The minimum Gasteiger partial charge on any atom is -0.395 e. The van der Waals surface area contributed by atoms with Gasteiger partial charge >= 0.3 is 0 Å². The van der Waals surface area contributed by atoms with Gasteiger partial charge in [0, 0.05) is 39.4 Å². The van der Waals surface area contributed by atoms with E-state index in [4.69, 9.17) is 9.47 Å². The minimum atomic E-state index is 0.176. The Morgan fingerprint density at radius 3 is 2.44 bits per heavy atom. The standard InChI is InChI=1S/C13H30N2O3/c1-5-14-13(10-16)6-7-15(8-9-17-3)12(2)11-18-4/h12-14,16H,5-11H2,1-4H3. The van der Waals surface area contributed by atoms with E-state index in [1.54, 1.807) is 14.2 Å². The fourth-order valence-electron chi connectivity index (χ4n) is 1.98. The zero-order valence-corrected chi connectivity index (χ0v) is 12.3. The Balaban J connectivity index is 4.12. The summed E-state index contributed by atoms with van der Waals surface area (Å²) in [5, 5.41) is 12.5. The summed E-state index contributed by atoms with van der Waals surface area (Å²) >= 11 is 0. The summed E-state index contributed by atoms with van der Waals surface area (Å²) in [6.45, 7) is 8.55. The van der Waals surface area contributed by atoms with Crippen LogP contribution >= 0.6 is 0 Å². The molecule has 5 heteroatoms. The van der Waals surface area contributed by atoms with Gasteiger partial charge < -0.3 is 19.9 Å². The van der Waals surface area contributed by atoms with Gasteiger partial charge in [0.05, 0.1) is 19.8 Å². The van der Waals surface area contributed by atoms with Crippen LogP contribution in [0, 0.1) is 0 Å². The molecule has 0 saturated heterocycles. The Bertz CT molecular complexity index is 182. The summed E-state index contributed by atoms with van der Waals surface area (Å²) in [6, 6.07) is 0.543. The highest BCUT2D eigenvalue weighted by molar-refractivity contribution is 4.72. The van der Waals surface area contributed by atoms with Crippen molar-refractivity contribution in [3.63, 3.8) is 0 Å². The number of aliphatic hydroxyl groups excluding tert-OH is 1. The van der Waals surface area contributed by atoms with Crippen LogP contribution in [0.4, 0.5) is 0 Å². The number of methoxy groups -OCH3 is 2. The van der Waals surface area contributed by atoms with E-state index in [1.807, 2.05) is 0 Å². The van der Waals surface area contributed by atoms with Gasteiger partial charge in [0.2, 0.25) is 0 Å². The second kappa shape index (κ2) is 11.9. The summed E-state index contributed by atoms with van der Waals surface area (Å²) in [4.78, 5) is 2.34. The molecule has 0 aromatic heterocycles. The SMILES string of the molecule is CCNC(CO)CCN(CCOC)C(C)COC. The third-order valence-electron chi connectivity index (χ3n) is 3.09. The Kier molecular flexibility index (Phi) is 11.7. The van der Waals surface area contributed by atoms with Crippen LogP contribution in [0.5, 0.6) is 0 Å². The molecule has 0 heterocycles. The van der Waals surface area contributed by atoms with Crippen molar-refractivity contribution in [2.45, 2.75) is 32.4 Å². The van der Waals surface area contributed by atoms with Gasteiger partial charge in [-0.3, -0.25) is 4.90 Å². The topological polar surface area (TPSA) is 54.0 Å². The molecule has 0 fully saturated rings. The van der Waals surface area contributed by atoms with E-state index < -0.39 is 0 Å². The summed E-state index contributed by atoms with van der Waals surface area (Å²) < 4.78 is 10.3. The van der Waals surface area contributed by atoms with Crippen LogP contribution in [0.2, 0.25) is 0 Å². The summed E-state index contributed by atoms with van der Waals surface area (Å²) in [5.41, 5.74) is 0. The number of rotatable bonds is 12. The minimum absolute atomic E-state index is 0.176. The van der Waals surface area contributed by atoms with Gasteiger partial charge in [0.15, 0.2) is 0 Å². The van der Waals surface area contributed by atoms with Crippen LogP contribution < -0.4 is 5.32 Å². The second-order valence-corrected chi connectivity index (χ2v) is 4.56. The molecule has 2 N–H and O–H groups in total. The molecule has 2 atom stereocenters. The second-order valence-electron chi connectivity index (χ2n) is 4.56. The highest BCUT2D eigenvalue weighted by Crippen LogP contribution is 2.03. The van der Waals surface area contributed by atoms with Gasteiger partial charge in [0.25, 0.3) is 0 Å². The van der Waals surface area contributed by atoms with Crippen LogP contribution in [0.25, 0.3) is 0 Å². The lowest BCUT2D eigenvalue weighted by Crippen LogP contribution is -2.42. The fourth-order valence-corrected chi connectivity index (χ4v) is 1.98. The maximum absolute atomic E-state index is 9.26. The molecule has 2 unspecified atom stereocenters. The van der Waals surface area contributed by atoms with Crippen LogP contribution in [0.15, 0.2) is 0 Å². The Morgan fingerprint density at radius 2 is 1.94 bits per heavy atom. The third-order valence-corrected chi connectivity index (χ3v) is 3.09. The Labute approximate surface area is 111 Å². The first-order valence-electron chi connectivity index (χ1n) is 6.75. The van der Waals surface area contributed by atoms with Gasteiger partial charge in [0.1, 0.15) is 0 Å². The van der Waals surface area contributed by atoms with E-state index in [0.29, 0.717) is 12.6 Å². The zero-order chi connectivity index (χ0) is 13.8. The largest absolute Gasteiger partial charge is 0.395 e. The van der Waals surface area contributed by atoms with E-state index in [0.717, 1.165) is 32.7 Å². The molecular weight excluding hydrogens is 232 g/mol. The van der Waals surface area contributed by atoms with Crippen LogP contribution in [-0.2, 0) is 9.47 Å². The fraction of sp³-hybridized carbons (Fsp3) is 1.00. The molecule has 0 bridgehead atoms. The van der Waals surface area contributed by atoms with E-state index in [9.17, 15) is 5.11 Å². The number of aliphatic hydroxyl groups is 1. The first kappa shape index (κ1) is 17.8. The number of nitrogens with one attached hydrogen (secondary N) is 1. The van der Waals surface area contributed by atoms with Crippen molar-refractivity contribution in [1.29, 1.82) is 0 Å². The molecule has 18 heavy (non-hydrogen) atoms. The normalized spacial score (nSPS) is 15.0. The number of hydrogen-bond donors (Lipinski definition) is 2. The molecule has 0 aliphatic rings. The maximum atomic E-state index is 9.26. The molecule has 0 radical (unpaired) electrons. The molecule has 0 amide bonds. The van der Waals surface area contributed by atoms with Crippen molar-refractivity contribution in [2.75, 3.05) is 53.7 Å². The predicted octanol–water partition coefficient (Wildman–Crippen LogP) is 0.330. The lowest BCUT2D eigenvalue weighted by atomic mass is 10.2. The van der Waals surface area contributed by atoms with Crippen LogP contribution in [0.3, 0.4) is 0 Å². The molecule has 0 rings (SSSR count). The third kappa shape index (κ3) is 8.00. The van der Waals surface area contributed by atoms with Gasteiger partial charge in [-0.1, -0.05) is 6.92 Å². The average Bonchev–Trinajstić information content (AvgIpc) is 2.37. The van der Waals surface area contributed by atoms with Crippen molar-refractivity contribution in [2.24, 2.45) is 0 Å². The van der Waals surface area contributed by atoms with Crippen molar-refractivity contribution < 1.29 is 14.6 Å². The maximum Gasteiger partial charge on any atom is 0.0615 e. The summed E-state index contributed by atoms with van der Waals surface area (Å²) in [5.74, 6) is 0. The number of likely N-dealkylation sites (N-methyl/N-ethyl adjacent to an activating group) is 1. The first-order valence-corrected chi connectivity index (χ1v) is 6.75. The van der Waals surface area contributed by atoms with E-state index in [2.05, 4.69) is 24.1 Å². The van der Waals surface area contributed by atoms with Crippen molar-refractivity contribution in [3.8, 4) is 0 Å². The smallest absolute Gasteiger partial charge is 0.0615 e. The van der Waals surface area contributed by atoms with Crippen LogP contribution in [-0.4, -0.2) is 75.8 Å². The predicted molar refractivity (Wildman–Crippen MR) is 74.0 cm³/mol. The van der Waals surface area contributed by atoms with Gasteiger partial charge in [-0.15, -0.1) is 0 Å². The highest BCUT2D eigenvalue weighted by Gasteiger charge is 2.15. The molecule has 110 valence electrons. The van der Waals surface area contributed by atoms with Crippen molar-refractivity contribution >= 4 is 0 Å². The summed E-state index contributed by atoms with van der Waals surface area (Å²) in [6.07, 6.45) is 0.933. The molecular formula is C13H30N2O3. The highest BCUT2D eigenvalue weighted by atomic mass is 16.5. The number of ether oxygens (including phenoxy) is 2. The molecule has 0 saturated carbocycles. The first-order chi connectivity index (χ1) is 8.69. The van der Waals surface area contributed by atoms with Gasteiger partial charge in [-0.2, -0.15) is 0 Å². The number of hydrogen-bond acceptors (Lipinski definition) is 5. The van der Waals surface area contributed by atoms with Gasteiger partial charge in [-0.25, -0.2) is 0 Å². The van der Waals surface area contributed by atoms with E-state index in [-0.39, 0.29) is 12.6 Å². The molecule has 0 aliphatic heterocycles. The van der Waals surface area contributed by atoms with E-state index >= 15 is 0 Å². The number of nitrogens with zero attached hydrogens (tertiary/aromatic N) is 1. The average molecular weight is 262 g/mol. The van der Waals surface area contributed by atoms with Crippen molar-refractivity contribution in [1.82, 2.24) is 10.2 Å². The summed E-state index contributed by atoms with van der Waals surface area (Å²) in [7, 11) is 3.44. The quantitative estimate of drug-likeness (QED) is 0.531. The molecule has 0 aromatic rings. The van der Waals surface area contributed by atoms with Crippen molar-refractivity contribution in [3.05, 3.63) is 0 Å². The molecule has 0 aliphatic carbocycles.